The Morgan fingerprint density at radius 3 is 2.31 bits per heavy atom. The maximum Gasteiger partial charge on any atom is 0.246 e. The van der Waals surface area contributed by atoms with Crippen LogP contribution in [0.5, 0.6) is 5.75 Å². The van der Waals surface area contributed by atoms with Gasteiger partial charge in [-0.3, -0.25) is 4.79 Å². The van der Waals surface area contributed by atoms with Crippen LogP contribution in [0.2, 0.25) is 0 Å². The Kier molecular flexibility index (Phi) is 4.44. The summed E-state index contributed by atoms with van der Waals surface area (Å²) >= 11 is 0. The predicted octanol–water partition coefficient (Wildman–Crippen LogP) is 3.59. The van der Waals surface area contributed by atoms with Crippen molar-refractivity contribution in [1.29, 1.82) is 0 Å². The summed E-state index contributed by atoms with van der Waals surface area (Å²) in [7, 11) is 0. The number of hydrogen-bond donors (Lipinski definition) is 0. The number of rotatable bonds is 3. The van der Waals surface area contributed by atoms with Gasteiger partial charge < -0.3 is 9.64 Å². The number of hydrogen-bond acceptors (Lipinski definition) is 4. The number of ether oxygens (including phenoxy) is 1. The molecule has 1 aliphatic rings. The lowest BCUT2D eigenvalue weighted by Crippen LogP contribution is -2.36. The molecule has 29 heavy (non-hydrogen) atoms. The number of aromatic nitrogens is 3. The number of para-hydroxylation sites is 1. The fourth-order valence-electron chi connectivity index (χ4n) is 3.64. The minimum Gasteiger partial charge on any atom is -0.484 e. The maximum absolute atomic E-state index is 13.2. The molecule has 0 fully saturated rings. The van der Waals surface area contributed by atoms with Crippen molar-refractivity contribution < 1.29 is 9.53 Å². The molecule has 6 nitrogen and oxygen atoms in total. The summed E-state index contributed by atoms with van der Waals surface area (Å²) < 4.78 is 6.29. The minimum absolute atomic E-state index is 0.0356. The molecular formula is C23H20N4O2. The second kappa shape index (κ2) is 7.39. The number of benzene rings is 3. The second-order valence-corrected chi connectivity index (χ2v) is 7.12. The summed E-state index contributed by atoms with van der Waals surface area (Å²) in [6.45, 7) is 1.07. The van der Waals surface area contributed by atoms with E-state index in [1.54, 1.807) is 0 Å². The molecular weight excluding hydrogens is 364 g/mol. The molecule has 4 aromatic rings. The minimum atomic E-state index is -0.228. The number of carbonyl (C=O) groups is 1. The van der Waals surface area contributed by atoms with Gasteiger partial charge in [-0.15, -0.1) is 0 Å². The predicted molar refractivity (Wildman–Crippen MR) is 109 cm³/mol. The van der Waals surface area contributed by atoms with Crippen LogP contribution in [0.3, 0.4) is 0 Å². The largest absolute Gasteiger partial charge is 0.484 e. The Labute approximate surface area is 168 Å². The van der Waals surface area contributed by atoms with Gasteiger partial charge in [0.15, 0.2) is 0 Å². The van der Waals surface area contributed by atoms with Gasteiger partial charge in [-0.05, 0) is 23.8 Å². The molecule has 1 atom stereocenters. The van der Waals surface area contributed by atoms with Gasteiger partial charge in [-0.1, -0.05) is 60.7 Å². The first-order valence-corrected chi connectivity index (χ1v) is 9.63. The highest BCUT2D eigenvalue weighted by Crippen LogP contribution is 2.31. The Balaban J connectivity index is 1.43. The van der Waals surface area contributed by atoms with Crippen LogP contribution in [0.15, 0.2) is 78.9 Å². The zero-order chi connectivity index (χ0) is 19.6. The average molecular weight is 384 g/mol. The Morgan fingerprint density at radius 1 is 0.897 bits per heavy atom. The highest BCUT2D eigenvalue weighted by atomic mass is 16.5. The fourth-order valence-corrected chi connectivity index (χ4v) is 3.64. The number of carbonyl (C=O) groups excluding carboxylic acids is 1. The molecule has 1 aromatic heterocycles. The second-order valence-electron chi connectivity index (χ2n) is 7.12. The lowest BCUT2D eigenvalue weighted by atomic mass is 10.1. The zero-order valence-corrected chi connectivity index (χ0v) is 15.8. The third-order valence-electron chi connectivity index (χ3n) is 5.12. The topological polar surface area (TPSA) is 60.2 Å². The van der Waals surface area contributed by atoms with Crippen LogP contribution in [0, 0.1) is 0 Å². The standard InChI is InChI=1S/C23H20N4O2/c28-23(16-27-24-19-11-5-6-12-20(19)25-27)26-14-18-10-4-7-13-21(18)29-22(15-26)17-8-2-1-3-9-17/h1-13,22H,14-16H2. The molecule has 2 heterocycles. The Hall–Kier alpha value is -3.67. The van der Waals surface area contributed by atoms with Crippen molar-refractivity contribution in [1.82, 2.24) is 19.9 Å². The molecule has 3 aromatic carbocycles. The molecule has 1 amide bonds. The van der Waals surface area contributed by atoms with Crippen LogP contribution >= 0.6 is 0 Å². The molecule has 0 saturated carbocycles. The summed E-state index contributed by atoms with van der Waals surface area (Å²) in [5.41, 5.74) is 3.61. The fraction of sp³-hybridized carbons (Fsp3) is 0.174. The van der Waals surface area contributed by atoms with Gasteiger partial charge in [0, 0.05) is 12.1 Å². The first-order valence-electron chi connectivity index (χ1n) is 9.63. The molecule has 144 valence electrons. The lowest BCUT2D eigenvalue weighted by Gasteiger charge is -2.24. The van der Waals surface area contributed by atoms with Gasteiger partial charge in [0.25, 0.3) is 0 Å². The number of fused-ring (bicyclic) bond motifs is 2. The number of amides is 1. The summed E-state index contributed by atoms with van der Waals surface area (Å²) in [5, 5.41) is 8.84. The first kappa shape index (κ1) is 17.4. The van der Waals surface area contributed by atoms with E-state index in [4.69, 9.17) is 4.74 Å². The molecule has 0 saturated heterocycles. The Bertz CT molecular complexity index is 1120. The van der Waals surface area contributed by atoms with Crippen molar-refractivity contribution in [2.45, 2.75) is 19.2 Å². The van der Waals surface area contributed by atoms with Crippen molar-refractivity contribution in [3.8, 4) is 5.75 Å². The summed E-state index contributed by atoms with van der Waals surface area (Å²) in [6, 6.07) is 25.5. The van der Waals surface area contributed by atoms with Crippen LogP contribution in [-0.2, 0) is 17.9 Å². The van der Waals surface area contributed by atoms with Crippen molar-refractivity contribution in [2.75, 3.05) is 6.54 Å². The average Bonchev–Trinajstić information content (AvgIpc) is 3.05. The van der Waals surface area contributed by atoms with Gasteiger partial charge in [0.1, 0.15) is 29.4 Å². The van der Waals surface area contributed by atoms with E-state index in [-0.39, 0.29) is 18.6 Å². The third kappa shape index (κ3) is 3.57. The van der Waals surface area contributed by atoms with Crippen molar-refractivity contribution in [3.63, 3.8) is 0 Å². The summed E-state index contributed by atoms with van der Waals surface area (Å²) in [4.78, 5) is 16.5. The van der Waals surface area contributed by atoms with Crippen molar-refractivity contribution in [2.24, 2.45) is 0 Å². The SMILES string of the molecule is O=C(Cn1nc2ccccc2n1)N1Cc2ccccc2OC(c2ccccc2)C1. The van der Waals surface area contributed by atoms with E-state index in [0.29, 0.717) is 13.1 Å². The van der Waals surface area contributed by atoms with Crippen LogP contribution in [0.4, 0.5) is 0 Å². The number of nitrogens with zero attached hydrogens (tertiary/aromatic N) is 4. The Morgan fingerprint density at radius 2 is 1.55 bits per heavy atom. The van der Waals surface area contributed by atoms with Gasteiger partial charge in [0.05, 0.1) is 6.54 Å². The summed E-state index contributed by atoms with van der Waals surface area (Å²) in [5.74, 6) is 0.783. The van der Waals surface area contributed by atoms with E-state index in [1.165, 1.54) is 4.80 Å². The highest BCUT2D eigenvalue weighted by molar-refractivity contribution is 5.77. The van der Waals surface area contributed by atoms with Crippen molar-refractivity contribution in [3.05, 3.63) is 90.0 Å². The smallest absolute Gasteiger partial charge is 0.246 e. The van der Waals surface area contributed by atoms with Crippen molar-refractivity contribution >= 4 is 16.9 Å². The zero-order valence-electron chi connectivity index (χ0n) is 15.8. The lowest BCUT2D eigenvalue weighted by molar-refractivity contribution is -0.133. The van der Waals surface area contributed by atoms with E-state index in [1.807, 2.05) is 83.8 Å². The van der Waals surface area contributed by atoms with Crippen LogP contribution < -0.4 is 4.74 Å². The monoisotopic (exact) mass is 384 g/mol. The molecule has 1 aliphatic heterocycles. The van der Waals surface area contributed by atoms with Gasteiger partial charge in [0.2, 0.25) is 5.91 Å². The maximum atomic E-state index is 13.2. The molecule has 0 bridgehead atoms. The van der Waals surface area contributed by atoms with E-state index < -0.39 is 0 Å². The first-order chi connectivity index (χ1) is 14.3. The molecule has 0 aliphatic carbocycles. The molecule has 5 rings (SSSR count). The van der Waals surface area contributed by atoms with Gasteiger partial charge in [-0.2, -0.15) is 15.0 Å². The normalized spacial score (nSPS) is 16.1. The van der Waals surface area contributed by atoms with Crippen LogP contribution in [0.25, 0.3) is 11.0 Å². The van der Waals surface area contributed by atoms with E-state index in [9.17, 15) is 4.79 Å². The molecule has 0 radical (unpaired) electrons. The van der Waals surface area contributed by atoms with Gasteiger partial charge in [-0.25, -0.2) is 0 Å². The van der Waals surface area contributed by atoms with Crippen LogP contribution in [-0.4, -0.2) is 32.3 Å². The van der Waals surface area contributed by atoms with E-state index in [0.717, 1.165) is 27.9 Å². The summed E-state index contributed by atoms with van der Waals surface area (Å²) in [6.07, 6.45) is -0.228. The molecule has 6 heteroatoms. The third-order valence-corrected chi connectivity index (χ3v) is 5.12. The molecule has 1 unspecified atom stereocenters. The van der Waals surface area contributed by atoms with E-state index >= 15 is 0 Å². The van der Waals surface area contributed by atoms with Gasteiger partial charge >= 0.3 is 0 Å². The van der Waals surface area contributed by atoms with Crippen LogP contribution in [0.1, 0.15) is 17.2 Å². The highest BCUT2D eigenvalue weighted by Gasteiger charge is 2.27. The van der Waals surface area contributed by atoms with E-state index in [2.05, 4.69) is 10.2 Å². The molecule has 0 N–H and O–H groups in total. The molecule has 0 spiro atoms. The quantitative estimate of drug-likeness (QED) is 0.542.